The van der Waals surface area contributed by atoms with Gasteiger partial charge >= 0.3 is 0 Å². The van der Waals surface area contributed by atoms with E-state index in [1.807, 2.05) is 18.3 Å². The van der Waals surface area contributed by atoms with Crippen LogP contribution in [0, 0.1) is 6.92 Å². The fourth-order valence-electron chi connectivity index (χ4n) is 3.41. The molecule has 3 heterocycles. The number of benzene rings is 2. The van der Waals surface area contributed by atoms with Gasteiger partial charge in [0.15, 0.2) is 0 Å². The summed E-state index contributed by atoms with van der Waals surface area (Å²) in [5.74, 6) is 1.35. The van der Waals surface area contributed by atoms with Crippen molar-refractivity contribution in [1.82, 2.24) is 19.9 Å². The Bertz CT molecular complexity index is 1270. The van der Waals surface area contributed by atoms with E-state index in [-0.39, 0.29) is 0 Å². The number of aryl methyl sites for hydroxylation is 1. The lowest BCUT2D eigenvalue weighted by Gasteiger charge is -2.09. The van der Waals surface area contributed by atoms with Crippen LogP contribution in [0.25, 0.3) is 21.8 Å². The van der Waals surface area contributed by atoms with Crippen LogP contribution in [0.2, 0.25) is 0 Å². The summed E-state index contributed by atoms with van der Waals surface area (Å²) in [6.07, 6.45) is 3.71. The van der Waals surface area contributed by atoms with E-state index in [4.69, 9.17) is 0 Å². The van der Waals surface area contributed by atoms with E-state index in [9.17, 15) is 0 Å². The number of fused-ring (bicyclic) bond motifs is 2. The van der Waals surface area contributed by atoms with Gasteiger partial charge < -0.3 is 20.6 Å². The first-order chi connectivity index (χ1) is 13.7. The summed E-state index contributed by atoms with van der Waals surface area (Å²) in [5, 5.41) is 9.03. The van der Waals surface area contributed by atoms with Crippen LogP contribution in [-0.2, 0) is 6.54 Å². The third-order valence-electron chi connectivity index (χ3n) is 4.76. The van der Waals surface area contributed by atoms with E-state index in [1.165, 1.54) is 10.9 Å². The SMILES string of the molecule is Cc1cc2cc(Nc3nccc(NCc4ccc5[nH]ccc5c4)n3)ccc2[nH]1. The molecular formula is C22H20N6. The lowest BCUT2D eigenvalue weighted by molar-refractivity contribution is 1.09. The van der Waals surface area contributed by atoms with Crippen molar-refractivity contribution in [3.63, 3.8) is 0 Å². The molecule has 0 fully saturated rings. The Balaban J connectivity index is 1.30. The van der Waals surface area contributed by atoms with Crippen LogP contribution in [0.3, 0.4) is 0 Å². The summed E-state index contributed by atoms with van der Waals surface area (Å²) >= 11 is 0. The van der Waals surface area contributed by atoms with E-state index >= 15 is 0 Å². The number of nitrogens with zero attached hydrogens (tertiary/aromatic N) is 2. The van der Waals surface area contributed by atoms with Gasteiger partial charge in [0, 0.05) is 46.7 Å². The molecule has 28 heavy (non-hydrogen) atoms. The summed E-state index contributed by atoms with van der Waals surface area (Å²) in [5.41, 5.74) is 5.58. The van der Waals surface area contributed by atoms with Crippen LogP contribution >= 0.6 is 0 Å². The van der Waals surface area contributed by atoms with Crippen molar-refractivity contribution in [1.29, 1.82) is 0 Å². The molecule has 5 aromatic rings. The van der Waals surface area contributed by atoms with Crippen molar-refractivity contribution in [3.05, 3.63) is 78.2 Å². The smallest absolute Gasteiger partial charge is 0.229 e. The van der Waals surface area contributed by atoms with Crippen molar-refractivity contribution >= 4 is 39.3 Å². The average molecular weight is 368 g/mol. The minimum Gasteiger partial charge on any atom is -0.366 e. The molecule has 0 amide bonds. The number of rotatable bonds is 5. The summed E-state index contributed by atoms with van der Waals surface area (Å²) in [6.45, 7) is 2.76. The van der Waals surface area contributed by atoms with E-state index in [0.29, 0.717) is 12.5 Å². The van der Waals surface area contributed by atoms with Crippen molar-refractivity contribution in [2.45, 2.75) is 13.5 Å². The zero-order chi connectivity index (χ0) is 18.9. The first-order valence-corrected chi connectivity index (χ1v) is 9.22. The predicted octanol–water partition coefficient (Wildman–Crippen LogP) is 5.10. The normalized spacial score (nSPS) is 11.2. The second-order valence-corrected chi connectivity index (χ2v) is 6.90. The molecule has 4 N–H and O–H groups in total. The number of hydrogen-bond donors (Lipinski definition) is 4. The lowest BCUT2D eigenvalue weighted by Crippen LogP contribution is -2.04. The van der Waals surface area contributed by atoms with Crippen LogP contribution in [0.15, 0.2) is 67.0 Å². The van der Waals surface area contributed by atoms with Gasteiger partial charge in [-0.15, -0.1) is 0 Å². The fourth-order valence-corrected chi connectivity index (χ4v) is 3.41. The second kappa shape index (κ2) is 6.74. The lowest BCUT2D eigenvalue weighted by atomic mass is 10.1. The molecule has 0 atom stereocenters. The quantitative estimate of drug-likeness (QED) is 0.348. The molecule has 0 aliphatic rings. The molecule has 0 aliphatic carbocycles. The molecule has 0 bridgehead atoms. The number of anilines is 3. The zero-order valence-electron chi connectivity index (χ0n) is 15.5. The Kier molecular flexibility index (Phi) is 3.94. The van der Waals surface area contributed by atoms with Gasteiger partial charge in [-0.2, -0.15) is 4.98 Å². The molecule has 0 aliphatic heterocycles. The van der Waals surface area contributed by atoms with Gasteiger partial charge in [-0.3, -0.25) is 0 Å². The van der Waals surface area contributed by atoms with Crippen molar-refractivity contribution in [2.75, 3.05) is 10.6 Å². The highest BCUT2D eigenvalue weighted by Gasteiger charge is 2.04. The van der Waals surface area contributed by atoms with Crippen LogP contribution in [0.5, 0.6) is 0 Å². The molecule has 0 unspecified atom stereocenters. The second-order valence-electron chi connectivity index (χ2n) is 6.90. The molecule has 0 saturated carbocycles. The zero-order valence-corrected chi connectivity index (χ0v) is 15.5. The van der Waals surface area contributed by atoms with E-state index in [0.717, 1.165) is 33.6 Å². The third-order valence-corrected chi connectivity index (χ3v) is 4.76. The van der Waals surface area contributed by atoms with Gasteiger partial charge in [0.05, 0.1) is 0 Å². The molecule has 0 spiro atoms. The third kappa shape index (κ3) is 3.27. The maximum atomic E-state index is 4.57. The summed E-state index contributed by atoms with van der Waals surface area (Å²) in [4.78, 5) is 15.4. The van der Waals surface area contributed by atoms with Gasteiger partial charge in [-0.05, 0) is 66.4 Å². The average Bonchev–Trinajstić information content (AvgIpc) is 3.31. The van der Waals surface area contributed by atoms with Gasteiger partial charge in [0.2, 0.25) is 5.95 Å². The minimum atomic E-state index is 0.567. The maximum Gasteiger partial charge on any atom is 0.229 e. The van der Waals surface area contributed by atoms with Gasteiger partial charge in [0.25, 0.3) is 0 Å². The Hall–Kier alpha value is -3.80. The van der Waals surface area contributed by atoms with Gasteiger partial charge in [-0.25, -0.2) is 4.98 Å². The summed E-state index contributed by atoms with van der Waals surface area (Å²) < 4.78 is 0. The highest BCUT2D eigenvalue weighted by molar-refractivity contribution is 5.84. The molecule has 6 heteroatoms. The molecule has 2 aromatic carbocycles. The van der Waals surface area contributed by atoms with Crippen LogP contribution in [0.1, 0.15) is 11.3 Å². The molecule has 3 aromatic heterocycles. The molecule has 0 saturated heterocycles. The maximum absolute atomic E-state index is 4.57. The molecule has 5 rings (SSSR count). The molecule has 0 radical (unpaired) electrons. The topological polar surface area (TPSA) is 81.4 Å². The van der Waals surface area contributed by atoms with Gasteiger partial charge in [0.1, 0.15) is 5.82 Å². The summed E-state index contributed by atoms with van der Waals surface area (Å²) in [6, 6.07) is 18.6. The highest BCUT2D eigenvalue weighted by Crippen LogP contribution is 2.22. The standard InChI is InChI=1S/C22H20N6/c1-14-10-17-12-18(3-5-20(17)26-14)27-22-24-9-7-21(28-22)25-13-15-2-4-19-16(11-15)6-8-23-19/h2-12,23,26H,13H2,1H3,(H2,24,25,27,28). The highest BCUT2D eigenvalue weighted by atomic mass is 15.1. The van der Waals surface area contributed by atoms with Crippen LogP contribution < -0.4 is 10.6 Å². The Morgan fingerprint density at radius 2 is 1.86 bits per heavy atom. The fraction of sp³-hybridized carbons (Fsp3) is 0.0909. The Morgan fingerprint density at radius 3 is 2.82 bits per heavy atom. The Labute approximate surface area is 162 Å². The van der Waals surface area contributed by atoms with Crippen LogP contribution in [0.4, 0.5) is 17.5 Å². The minimum absolute atomic E-state index is 0.567. The predicted molar refractivity (Wildman–Crippen MR) is 114 cm³/mol. The number of aromatic amines is 2. The molecule has 6 nitrogen and oxygen atoms in total. The summed E-state index contributed by atoms with van der Waals surface area (Å²) in [7, 11) is 0. The van der Waals surface area contributed by atoms with Crippen molar-refractivity contribution < 1.29 is 0 Å². The van der Waals surface area contributed by atoms with E-state index < -0.39 is 0 Å². The van der Waals surface area contributed by atoms with Crippen molar-refractivity contribution in [2.24, 2.45) is 0 Å². The number of nitrogens with one attached hydrogen (secondary N) is 4. The van der Waals surface area contributed by atoms with Crippen molar-refractivity contribution in [3.8, 4) is 0 Å². The molecule has 138 valence electrons. The monoisotopic (exact) mass is 368 g/mol. The van der Waals surface area contributed by atoms with E-state index in [2.05, 4.69) is 80.0 Å². The molecular weight excluding hydrogens is 348 g/mol. The number of aromatic nitrogens is 4. The van der Waals surface area contributed by atoms with E-state index in [1.54, 1.807) is 6.20 Å². The Morgan fingerprint density at radius 1 is 0.929 bits per heavy atom. The van der Waals surface area contributed by atoms with Gasteiger partial charge in [-0.1, -0.05) is 6.07 Å². The largest absolute Gasteiger partial charge is 0.366 e. The van der Waals surface area contributed by atoms with Crippen LogP contribution in [-0.4, -0.2) is 19.9 Å². The number of hydrogen-bond acceptors (Lipinski definition) is 4. The first kappa shape index (κ1) is 16.4. The first-order valence-electron chi connectivity index (χ1n) is 9.22. The number of H-pyrrole nitrogens is 2.